The molecule has 0 unspecified atom stereocenters. The van der Waals surface area contributed by atoms with Crippen molar-refractivity contribution in [2.24, 2.45) is 12.9 Å². The molecule has 33 heavy (non-hydrogen) atoms. The molecule has 1 saturated carbocycles. The number of anilines is 4. The second-order valence-electron chi connectivity index (χ2n) is 8.32. The predicted octanol–water partition coefficient (Wildman–Crippen LogP) is 4.07. The van der Waals surface area contributed by atoms with Crippen LogP contribution >= 0.6 is 0 Å². The SMILES string of the molecule is [2H]C([2H])([2H])CC(=O)c1cnc(NC(=O)C2CC2)cc1Nc1nccc2c1N(C)[C@H](C)c1cn(C([2H])([2H])[2H])nc1-2. The number of nitrogens with zero attached hydrogens (tertiary/aromatic N) is 5. The van der Waals surface area contributed by atoms with Gasteiger partial charge in [-0.25, -0.2) is 9.97 Å². The molecule has 9 heteroatoms. The average molecular weight is 452 g/mol. The third kappa shape index (κ3) is 3.73. The topological polar surface area (TPSA) is 105 Å². The van der Waals surface area contributed by atoms with Crippen LogP contribution in [0.15, 0.2) is 30.7 Å². The van der Waals surface area contributed by atoms with Crippen LogP contribution in [0.1, 0.15) is 63.2 Å². The summed E-state index contributed by atoms with van der Waals surface area (Å²) in [7, 11) is 1.83. The number of hydrogen-bond donors (Lipinski definition) is 2. The van der Waals surface area contributed by atoms with E-state index in [9.17, 15) is 9.59 Å². The monoisotopic (exact) mass is 451 g/mol. The zero-order valence-corrected chi connectivity index (χ0v) is 18.2. The van der Waals surface area contributed by atoms with E-state index in [1.165, 1.54) is 24.7 Å². The van der Waals surface area contributed by atoms with E-state index < -0.39 is 26.0 Å². The second kappa shape index (κ2) is 7.99. The van der Waals surface area contributed by atoms with Crippen molar-refractivity contribution in [2.75, 3.05) is 22.6 Å². The highest BCUT2D eigenvalue weighted by Gasteiger charge is 2.32. The molecular formula is C24H27N7O2. The molecule has 1 aliphatic heterocycles. The Bertz CT molecular complexity index is 1460. The summed E-state index contributed by atoms with van der Waals surface area (Å²) in [5.74, 6) is -0.331. The number of hydrogen-bond acceptors (Lipinski definition) is 7. The fourth-order valence-electron chi connectivity index (χ4n) is 4.04. The van der Waals surface area contributed by atoms with Gasteiger partial charge in [0, 0.05) is 70.4 Å². The molecular weight excluding hydrogens is 418 g/mol. The third-order valence-electron chi connectivity index (χ3n) is 6.12. The number of aryl methyl sites for hydroxylation is 1. The molecule has 3 aromatic heterocycles. The molecule has 0 radical (unpaired) electrons. The van der Waals surface area contributed by atoms with Gasteiger partial charge in [-0.05, 0) is 25.8 Å². The van der Waals surface area contributed by atoms with Crippen molar-refractivity contribution >= 4 is 34.7 Å². The molecule has 0 aromatic carbocycles. The summed E-state index contributed by atoms with van der Waals surface area (Å²) in [6.07, 6.45) is 5.21. The Labute approximate surface area is 200 Å². The van der Waals surface area contributed by atoms with E-state index in [-0.39, 0.29) is 34.9 Å². The highest BCUT2D eigenvalue weighted by molar-refractivity contribution is 6.03. The first-order valence-electron chi connectivity index (χ1n) is 13.7. The quantitative estimate of drug-likeness (QED) is 0.544. The second-order valence-corrected chi connectivity index (χ2v) is 8.32. The number of fused-ring (bicyclic) bond motifs is 3. The Hall–Kier alpha value is -3.75. The molecule has 1 aliphatic carbocycles. The van der Waals surface area contributed by atoms with Crippen molar-refractivity contribution in [3.8, 4) is 11.3 Å². The van der Waals surface area contributed by atoms with Crippen LogP contribution in [-0.4, -0.2) is 38.5 Å². The van der Waals surface area contributed by atoms with Gasteiger partial charge in [0.1, 0.15) is 5.82 Å². The first-order valence-corrected chi connectivity index (χ1v) is 10.7. The largest absolute Gasteiger partial charge is 0.364 e. The van der Waals surface area contributed by atoms with Gasteiger partial charge in [-0.3, -0.25) is 14.3 Å². The summed E-state index contributed by atoms with van der Waals surface area (Å²) in [5, 5.41) is 10.2. The maximum absolute atomic E-state index is 13.0. The van der Waals surface area contributed by atoms with Crippen LogP contribution in [0.5, 0.6) is 0 Å². The zero-order chi connectivity index (χ0) is 28.3. The molecule has 4 heterocycles. The van der Waals surface area contributed by atoms with Gasteiger partial charge in [0.05, 0.1) is 28.7 Å². The van der Waals surface area contributed by atoms with E-state index in [0.29, 0.717) is 22.8 Å². The number of pyridine rings is 2. The van der Waals surface area contributed by atoms with Crippen molar-refractivity contribution in [3.63, 3.8) is 0 Å². The number of carbonyl (C=O) groups excluding carboxylic acids is 2. The van der Waals surface area contributed by atoms with E-state index in [0.717, 1.165) is 23.1 Å². The smallest absolute Gasteiger partial charge is 0.228 e. The molecule has 0 spiro atoms. The van der Waals surface area contributed by atoms with Crippen LogP contribution < -0.4 is 15.5 Å². The molecule has 0 saturated heterocycles. The lowest BCUT2D eigenvalue weighted by atomic mass is 9.96. The minimum absolute atomic E-state index is 0.0360. The van der Waals surface area contributed by atoms with E-state index in [1.54, 1.807) is 6.07 Å². The van der Waals surface area contributed by atoms with Crippen molar-refractivity contribution in [1.29, 1.82) is 0 Å². The maximum Gasteiger partial charge on any atom is 0.228 e. The van der Waals surface area contributed by atoms with Crippen LogP contribution in [-0.2, 0) is 11.8 Å². The normalized spacial score (nSPS) is 20.2. The molecule has 0 bridgehead atoms. The first-order chi connectivity index (χ1) is 18.2. The number of rotatable bonds is 6. The predicted molar refractivity (Wildman–Crippen MR) is 127 cm³/mol. The lowest BCUT2D eigenvalue weighted by Crippen LogP contribution is -2.27. The summed E-state index contributed by atoms with van der Waals surface area (Å²) < 4.78 is 46.8. The van der Waals surface area contributed by atoms with Crippen LogP contribution in [0, 0.1) is 5.92 Å². The minimum Gasteiger partial charge on any atom is -0.364 e. The van der Waals surface area contributed by atoms with E-state index in [4.69, 9.17) is 8.22 Å². The summed E-state index contributed by atoms with van der Waals surface area (Å²) in [6, 6.07) is 2.96. The van der Waals surface area contributed by atoms with Crippen molar-refractivity contribution in [1.82, 2.24) is 19.7 Å². The minimum atomic E-state index is -2.48. The number of nitrogens with one attached hydrogen (secondary N) is 2. The summed E-state index contributed by atoms with van der Waals surface area (Å²) in [4.78, 5) is 35.9. The molecule has 3 aromatic rings. The number of aromatic nitrogens is 4. The van der Waals surface area contributed by atoms with Gasteiger partial charge in [-0.1, -0.05) is 6.85 Å². The number of ketones is 1. The standard InChI is InChI=1S/C24H27N7O2/c1-5-19(32)16-11-26-20(28-24(33)14-6-7-14)10-18(16)27-23-22-15(8-9-25-23)21-17(12-30(3)29-21)13(2)31(22)4/h8-14H,5-7H2,1-4H3,(H2,25,26,27,28,33)/t13-/m1/s1/i1D3,3D3. The van der Waals surface area contributed by atoms with Crippen molar-refractivity contribution < 1.29 is 17.8 Å². The Balaban J connectivity index is 1.57. The molecule has 9 nitrogen and oxygen atoms in total. The summed E-state index contributed by atoms with van der Waals surface area (Å²) in [5.41, 5.74) is 2.75. The third-order valence-corrected chi connectivity index (χ3v) is 6.12. The Morgan fingerprint density at radius 3 is 2.91 bits per heavy atom. The molecule has 2 aliphatic rings. The van der Waals surface area contributed by atoms with Gasteiger partial charge < -0.3 is 15.5 Å². The molecule has 2 N–H and O–H groups in total. The van der Waals surface area contributed by atoms with Gasteiger partial charge in [0.25, 0.3) is 0 Å². The number of carbonyl (C=O) groups is 2. The molecule has 170 valence electrons. The summed E-state index contributed by atoms with van der Waals surface area (Å²) in [6.45, 7) is -3.02. The molecule has 1 amide bonds. The average Bonchev–Trinajstić information content (AvgIpc) is 3.58. The fourth-order valence-corrected chi connectivity index (χ4v) is 4.04. The highest BCUT2D eigenvalue weighted by Crippen LogP contribution is 2.46. The molecule has 1 atom stereocenters. The lowest BCUT2D eigenvalue weighted by Gasteiger charge is -2.34. The lowest BCUT2D eigenvalue weighted by molar-refractivity contribution is -0.117. The van der Waals surface area contributed by atoms with Gasteiger partial charge in [0.15, 0.2) is 11.6 Å². The van der Waals surface area contributed by atoms with Gasteiger partial charge in [-0.15, -0.1) is 0 Å². The highest BCUT2D eigenvalue weighted by atomic mass is 16.2. The van der Waals surface area contributed by atoms with Gasteiger partial charge in [-0.2, -0.15) is 5.10 Å². The van der Waals surface area contributed by atoms with Crippen LogP contribution in [0.4, 0.5) is 23.0 Å². The molecule has 1 fully saturated rings. The Morgan fingerprint density at radius 1 is 1.30 bits per heavy atom. The first kappa shape index (κ1) is 15.2. The van der Waals surface area contributed by atoms with E-state index >= 15 is 0 Å². The molecule has 5 rings (SSSR count). The van der Waals surface area contributed by atoms with E-state index in [2.05, 4.69) is 25.7 Å². The maximum atomic E-state index is 13.0. The van der Waals surface area contributed by atoms with Crippen LogP contribution in [0.25, 0.3) is 11.3 Å². The van der Waals surface area contributed by atoms with Gasteiger partial charge in [0.2, 0.25) is 5.91 Å². The number of amides is 1. The van der Waals surface area contributed by atoms with Gasteiger partial charge >= 0.3 is 0 Å². The van der Waals surface area contributed by atoms with Crippen LogP contribution in [0.3, 0.4) is 0 Å². The van der Waals surface area contributed by atoms with Crippen LogP contribution in [0.2, 0.25) is 0 Å². The van der Waals surface area contributed by atoms with Crippen molar-refractivity contribution in [3.05, 3.63) is 41.9 Å². The Morgan fingerprint density at radius 2 is 2.15 bits per heavy atom. The summed E-state index contributed by atoms with van der Waals surface area (Å²) >= 11 is 0. The zero-order valence-electron chi connectivity index (χ0n) is 24.2. The Kier molecular flexibility index (Phi) is 3.67. The van der Waals surface area contributed by atoms with E-state index in [1.807, 2.05) is 18.9 Å². The number of Topliss-reactive ketones (excluding diaryl/α,β-unsaturated/α-hetero) is 1. The van der Waals surface area contributed by atoms with Crippen molar-refractivity contribution in [2.45, 2.75) is 39.1 Å². The fraction of sp³-hybridized carbons (Fsp3) is 0.375.